The molecule has 4 bridgehead atoms. The lowest BCUT2D eigenvalue weighted by Crippen LogP contribution is -2.39. The number of ether oxygens (including phenoxy) is 3. The summed E-state index contributed by atoms with van der Waals surface area (Å²) in [5, 5.41) is 0. The van der Waals surface area contributed by atoms with Crippen LogP contribution >= 0.6 is 0 Å². The molecule has 0 aromatic heterocycles. The highest BCUT2D eigenvalue weighted by atomic mass is 16.8. The molecule has 3 heteroatoms. The van der Waals surface area contributed by atoms with E-state index in [0.717, 1.165) is 24.7 Å². The first kappa shape index (κ1) is 17.7. The molecule has 6 aliphatic rings. The fourth-order valence-electron chi connectivity index (χ4n) is 9.31. The Morgan fingerprint density at radius 2 is 1.07 bits per heavy atom. The smallest absolute Gasteiger partial charge is 0.161 e. The van der Waals surface area contributed by atoms with Crippen LogP contribution in [-0.4, -0.2) is 24.8 Å². The largest absolute Gasteiger partial charge is 0.348 e. The standard InChI is InChI=1S/C24H38O3/c1-21(2)15-7-9-23(21,5)19-13(15)11-17(26-19)25-18-12-14-16-8-10-24(6,20(14)27-18)22(16,3)4/h13-20H,7-12H2,1-6H3/t13-,14-,15+,16?,17-,18-,19-,20-,23-,24-/m0/s1. The van der Waals surface area contributed by atoms with Crippen molar-refractivity contribution in [2.24, 2.45) is 45.3 Å². The molecular weight excluding hydrogens is 336 g/mol. The van der Waals surface area contributed by atoms with Crippen molar-refractivity contribution in [3.8, 4) is 0 Å². The van der Waals surface area contributed by atoms with Crippen LogP contribution in [0.5, 0.6) is 0 Å². The predicted octanol–water partition coefficient (Wildman–Crippen LogP) is 5.38. The van der Waals surface area contributed by atoms with Crippen LogP contribution in [0, 0.1) is 45.3 Å². The molecule has 0 radical (unpaired) electrons. The van der Waals surface area contributed by atoms with Gasteiger partial charge < -0.3 is 14.2 Å². The van der Waals surface area contributed by atoms with Gasteiger partial charge in [-0.15, -0.1) is 0 Å². The van der Waals surface area contributed by atoms with E-state index in [1.807, 2.05) is 0 Å². The van der Waals surface area contributed by atoms with E-state index in [0.29, 0.717) is 45.7 Å². The Morgan fingerprint density at radius 3 is 1.44 bits per heavy atom. The number of fused-ring (bicyclic) bond motifs is 10. The van der Waals surface area contributed by atoms with Gasteiger partial charge in [0.1, 0.15) is 0 Å². The first-order valence-electron chi connectivity index (χ1n) is 11.6. The summed E-state index contributed by atoms with van der Waals surface area (Å²) in [7, 11) is 0. The molecule has 1 unspecified atom stereocenters. The van der Waals surface area contributed by atoms with E-state index in [9.17, 15) is 0 Å². The maximum absolute atomic E-state index is 6.58. The van der Waals surface area contributed by atoms with Gasteiger partial charge in [-0.1, -0.05) is 41.5 Å². The molecule has 2 heterocycles. The van der Waals surface area contributed by atoms with Crippen LogP contribution in [0.15, 0.2) is 0 Å². The topological polar surface area (TPSA) is 27.7 Å². The van der Waals surface area contributed by atoms with Gasteiger partial charge in [0, 0.05) is 12.8 Å². The molecule has 0 amide bonds. The van der Waals surface area contributed by atoms with Crippen molar-refractivity contribution >= 4 is 0 Å². The van der Waals surface area contributed by atoms with Crippen molar-refractivity contribution in [1.29, 1.82) is 0 Å². The Kier molecular flexibility index (Phi) is 3.25. The molecule has 2 saturated heterocycles. The number of rotatable bonds is 2. The zero-order chi connectivity index (χ0) is 19.0. The third kappa shape index (κ3) is 1.83. The minimum atomic E-state index is -0.0432. The molecule has 27 heavy (non-hydrogen) atoms. The van der Waals surface area contributed by atoms with E-state index in [1.165, 1.54) is 25.7 Å². The summed E-state index contributed by atoms with van der Waals surface area (Å²) in [5.41, 5.74) is 1.47. The highest BCUT2D eigenvalue weighted by molar-refractivity contribution is 5.18. The molecule has 4 saturated carbocycles. The second-order valence-corrected chi connectivity index (χ2v) is 12.5. The van der Waals surface area contributed by atoms with Crippen LogP contribution in [0.25, 0.3) is 0 Å². The summed E-state index contributed by atoms with van der Waals surface area (Å²) >= 11 is 0. The molecule has 0 spiro atoms. The molecule has 152 valence electrons. The van der Waals surface area contributed by atoms with Gasteiger partial charge in [0.05, 0.1) is 12.2 Å². The summed E-state index contributed by atoms with van der Waals surface area (Å²) in [6, 6.07) is 0. The summed E-state index contributed by atoms with van der Waals surface area (Å²) in [5.74, 6) is 3.00. The first-order chi connectivity index (χ1) is 12.6. The maximum atomic E-state index is 6.58. The Hall–Kier alpha value is -0.120. The van der Waals surface area contributed by atoms with Crippen LogP contribution < -0.4 is 0 Å². The quantitative estimate of drug-likeness (QED) is 0.650. The molecule has 0 aromatic carbocycles. The molecule has 3 nitrogen and oxygen atoms in total. The van der Waals surface area contributed by atoms with Crippen molar-refractivity contribution in [3.05, 3.63) is 0 Å². The van der Waals surface area contributed by atoms with Crippen LogP contribution in [0.3, 0.4) is 0 Å². The fourth-order valence-corrected chi connectivity index (χ4v) is 9.31. The van der Waals surface area contributed by atoms with E-state index >= 15 is 0 Å². The Labute approximate surface area is 164 Å². The normalized spacial score (nSPS) is 61.6. The van der Waals surface area contributed by atoms with Gasteiger partial charge in [0.25, 0.3) is 0 Å². The summed E-state index contributed by atoms with van der Waals surface area (Å²) in [6.45, 7) is 14.8. The number of hydrogen-bond acceptors (Lipinski definition) is 3. The van der Waals surface area contributed by atoms with Gasteiger partial charge in [-0.25, -0.2) is 0 Å². The van der Waals surface area contributed by atoms with Gasteiger partial charge in [0.15, 0.2) is 12.6 Å². The molecule has 6 rings (SSSR count). The van der Waals surface area contributed by atoms with Crippen molar-refractivity contribution in [3.63, 3.8) is 0 Å². The summed E-state index contributed by atoms with van der Waals surface area (Å²) in [4.78, 5) is 0. The van der Waals surface area contributed by atoms with Crippen molar-refractivity contribution in [2.45, 2.75) is 105 Å². The zero-order valence-corrected chi connectivity index (χ0v) is 18.1. The highest BCUT2D eigenvalue weighted by Gasteiger charge is 2.71. The van der Waals surface area contributed by atoms with Crippen molar-refractivity contribution in [1.82, 2.24) is 0 Å². The first-order valence-corrected chi connectivity index (χ1v) is 11.6. The minimum Gasteiger partial charge on any atom is -0.348 e. The lowest BCUT2D eigenvalue weighted by atomic mass is 9.70. The van der Waals surface area contributed by atoms with E-state index in [2.05, 4.69) is 41.5 Å². The Balaban J connectivity index is 1.15. The van der Waals surface area contributed by atoms with Gasteiger partial charge in [-0.2, -0.15) is 0 Å². The SMILES string of the molecule is CC1(C)C2CC[C@@]1(C)[C@H]1O[C@H](O[C@@H]3C[C@H]4[C@H]5CC[C@@](C)([C@H]4O3)C5(C)C)C[C@@H]21. The van der Waals surface area contributed by atoms with E-state index in [-0.39, 0.29) is 12.6 Å². The molecule has 6 fully saturated rings. The lowest BCUT2D eigenvalue weighted by molar-refractivity contribution is -0.252. The average molecular weight is 375 g/mol. The van der Waals surface area contributed by atoms with Crippen LogP contribution in [0.4, 0.5) is 0 Å². The molecule has 0 aromatic rings. The van der Waals surface area contributed by atoms with Gasteiger partial charge in [-0.3, -0.25) is 0 Å². The molecule has 4 aliphatic carbocycles. The van der Waals surface area contributed by atoms with Gasteiger partial charge in [-0.05, 0) is 71.0 Å². The Morgan fingerprint density at radius 1 is 0.667 bits per heavy atom. The van der Waals surface area contributed by atoms with E-state index in [1.54, 1.807) is 0 Å². The average Bonchev–Trinajstić information content (AvgIpc) is 3.33. The molecular formula is C24H38O3. The van der Waals surface area contributed by atoms with Crippen LogP contribution in [-0.2, 0) is 14.2 Å². The highest BCUT2D eigenvalue weighted by Crippen LogP contribution is 2.72. The van der Waals surface area contributed by atoms with Gasteiger partial charge >= 0.3 is 0 Å². The van der Waals surface area contributed by atoms with Crippen LogP contribution in [0.2, 0.25) is 0 Å². The molecule has 2 aliphatic heterocycles. The fraction of sp³-hybridized carbons (Fsp3) is 1.00. The zero-order valence-electron chi connectivity index (χ0n) is 18.1. The third-order valence-electron chi connectivity index (χ3n) is 11.6. The Bertz CT molecular complexity index is 615. The third-order valence-corrected chi connectivity index (χ3v) is 11.6. The second kappa shape index (κ2) is 4.95. The lowest BCUT2D eigenvalue weighted by Gasteiger charge is -2.39. The van der Waals surface area contributed by atoms with E-state index in [4.69, 9.17) is 14.2 Å². The molecule has 10 atom stereocenters. The molecule has 0 N–H and O–H groups in total. The van der Waals surface area contributed by atoms with E-state index < -0.39 is 0 Å². The van der Waals surface area contributed by atoms with Crippen molar-refractivity contribution in [2.75, 3.05) is 0 Å². The maximum Gasteiger partial charge on any atom is 0.161 e. The monoisotopic (exact) mass is 374 g/mol. The number of hydrogen-bond donors (Lipinski definition) is 0. The summed E-state index contributed by atoms with van der Waals surface area (Å²) < 4.78 is 19.6. The van der Waals surface area contributed by atoms with Crippen LogP contribution in [0.1, 0.15) is 80.1 Å². The summed E-state index contributed by atoms with van der Waals surface area (Å²) in [6.07, 6.45) is 8.24. The van der Waals surface area contributed by atoms with Gasteiger partial charge in [0.2, 0.25) is 0 Å². The predicted molar refractivity (Wildman–Crippen MR) is 104 cm³/mol. The second-order valence-electron chi connectivity index (χ2n) is 12.5. The minimum absolute atomic E-state index is 0.0432. The van der Waals surface area contributed by atoms with Crippen molar-refractivity contribution < 1.29 is 14.2 Å².